The summed E-state index contributed by atoms with van der Waals surface area (Å²) in [6.07, 6.45) is 2.14. The molecule has 0 spiro atoms. The standard InChI is InChI=1S/C14H11BrOS/c15-11-4-2-1-3-10(11)12-7-8-13(17-12)14(16)9-5-6-9/h1-4,7-9H,5-6H2. The summed E-state index contributed by atoms with van der Waals surface area (Å²) < 4.78 is 1.08. The minimum Gasteiger partial charge on any atom is -0.293 e. The molecule has 2 aromatic rings. The lowest BCUT2D eigenvalue weighted by molar-refractivity contribution is 0.0971. The van der Waals surface area contributed by atoms with Crippen molar-refractivity contribution in [3.63, 3.8) is 0 Å². The van der Waals surface area contributed by atoms with E-state index in [1.165, 1.54) is 0 Å². The van der Waals surface area contributed by atoms with E-state index in [2.05, 4.69) is 22.0 Å². The van der Waals surface area contributed by atoms with Crippen LogP contribution in [0.5, 0.6) is 0 Å². The number of ketones is 1. The number of Topliss-reactive ketones (excluding diaryl/α,β-unsaturated/α-hetero) is 1. The molecule has 1 aliphatic carbocycles. The Balaban J connectivity index is 1.94. The van der Waals surface area contributed by atoms with E-state index in [0.29, 0.717) is 11.7 Å². The van der Waals surface area contributed by atoms with E-state index in [1.54, 1.807) is 11.3 Å². The molecule has 0 radical (unpaired) electrons. The molecule has 1 nitrogen and oxygen atoms in total. The third kappa shape index (κ3) is 2.22. The second-order valence-corrected chi connectivity index (χ2v) is 6.22. The molecule has 1 aliphatic rings. The van der Waals surface area contributed by atoms with Crippen LogP contribution in [0, 0.1) is 5.92 Å². The predicted octanol–water partition coefficient (Wildman–Crippen LogP) is 4.77. The van der Waals surface area contributed by atoms with Crippen molar-refractivity contribution in [3.05, 3.63) is 45.7 Å². The van der Waals surface area contributed by atoms with Gasteiger partial charge < -0.3 is 0 Å². The van der Waals surface area contributed by atoms with Gasteiger partial charge in [0, 0.05) is 20.8 Å². The lowest BCUT2D eigenvalue weighted by Crippen LogP contribution is -1.96. The maximum Gasteiger partial charge on any atom is 0.175 e. The fourth-order valence-corrected chi connectivity index (χ4v) is 3.52. The smallest absolute Gasteiger partial charge is 0.175 e. The molecule has 3 heteroatoms. The van der Waals surface area contributed by atoms with Crippen LogP contribution in [-0.2, 0) is 0 Å². The van der Waals surface area contributed by atoms with Crippen LogP contribution in [0.4, 0.5) is 0 Å². The zero-order chi connectivity index (χ0) is 11.8. The molecule has 1 saturated carbocycles. The molecule has 86 valence electrons. The Kier molecular flexibility index (Phi) is 2.89. The zero-order valence-corrected chi connectivity index (χ0v) is 11.6. The number of thiophene rings is 1. The highest BCUT2D eigenvalue weighted by atomic mass is 79.9. The number of benzene rings is 1. The van der Waals surface area contributed by atoms with Gasteiger partial charge in [0.2, 0.25) is 0 Å². The van der Waals surface area contributed by atoms with Gasteiger partial charge in [0.05, 0.1) is 4.88 Å². The van der Waals surface area contributed by atoms with E-state index < -0.39 is 0 Å². The topological polar surface area (TPSA) is 17.1 Å². The molecule has 1 aromatic carbocycles. The molecule has 0 amide bonds. The molecule has 17 heavy (non-hydrogen) atoms. The quantitative estimate of drug-likeness (QED) is 0.746. The molecule has 0 saturated heterocycles. The highest BCUT2D eigenvalue weighted by Crippen LogP contribution is 2.38. The summed E-state index contributed by atoms with van der Waals surface area (Å²) in [7, 11) is 0. The third-order valence-corrected chi connectivity index (χ3v) is 4.76. The highest BCUT2D eigenvalue weighted by molar-refractivity contribution is 9.10. The Labute approximate surface area is 113 Å². The van der Waals surface area contributed by atoms with Crippen molar-refractivity contribution < 1.29 is 4.79 Å². The first-order valence-electron chi connectivity index (χ1n) is 5.64. The SMILES string of the molecule is O=C(c1ccc(-c2ccccc2Br)s1)C1CC1. The number of halogens is 1. The molecule has 1 heterocycles. The summed E-state index contributed by atoms with van der Waals surface area (Å²) in [6, 6.07) is 12.1. The fourth-order valence-electron chi connectivity index (χ4n) is 1.82. The van der Waals surface area contributed by atoms with Gasteiger partial charge in [-0.1, -0.05) is 34.1 Å². The summed E-state index contributed by atoms with van der Waals surface area (Å²) in [5.41, 5.74) is 1.16. The first-order valence-corrected chi connectivity index (χ1v) is 7.25. The monoisotopic (exact) mass is 306 g/mol. The van der Waals surface area contributed by atoms with Gasteiger partial charge in [0.15, 0.2) is 5.78 Å². The van der Waals surface area contributed by atoms with E-state index in [9.17, 15) is 4.79 Å². The van der Waals surface area contributed by atoms with Crippen LogP contribution >= 0.6 is 27.3 Å². The maximum absolute atomic E-state index is 11.9. The number of hydrogen-bond donors (Lipinski definition) is 0. The van der Waals surface area contributed by atoms with E-state index in [4.69, 9.17) is 0 Å². The van der Waals surface area contributed by atoms with Gasteiger partial charge in [-0.15, -0.1) is 11.3 Å². The average molecular weight is 307 g/mol. The van der Waals surface area contributed by atoms with Crippen molar-refractivity contribution in [2.24, 2.45) is 5.92 Å². The predicted molar refractivity (Wildman–Crippen MR) is 74.5 cm³/mol. The first kappa shape index (κ1) is 11.2. The Hall–Kier alpha value is -0.930. The molecule has 0 unspecified atom stereocenters. The average Bonchev–Trinajstić information content (AvgIpc) is 3.07. The van der Waals surface area contributed by atoms with Crippen molar-refractivity contribution >= 4 is 33.0 Å². The Morgan fingerprint density at radius 3 is 2.65 bits per heavy atom. The lowest BCUT2D eigenvalue weighted by Gasteiger charge is -1.99. The van der Waals surface area contributed by atoms with Gasteiger partial charge in [-0.25, -0.2) is 0 Å². The number of hydrogen-bond acceptors (Lipinski definition) is 2. The second-order valence-electron chi connectivity index (χ2n) is 4.28. The third-order valence-electron chi connectivity index (χ3n) is 2.94. The van der Waals surface area contributed by atoms with Gasteiger partial charge in [-0.2, -0.15) is 0 Å². The largest absolute Gasteiger partial charge is 0.293 e. The maximum atomic E-state index is 11.9. The minimum atomic E-state index is 0.306. The molecule has 0 N–H and O–H groups in total. The van der Waals surface area contributed by atoms with Crippen molar-refractivity contribution in [1.82, 2.24) is 0 Å². The molecule has 0 aliphatic heterocycles. The van der Waals surface area contributed by atoms with E-state index >= 15 is 0 Å². The summed E-state index contributed by atoms with van der Waals surface area (Å²) in [6.45, 7) is 0. The van der Waals surface area contributed by atoms with Gasteiger partial charge in [-0.3, -0.25) is 4.79 Å². The van der Waals surface area contributed by atoms with E-state index in [-0.39, 0.29) is 0 Å². The van der Waals surface area contributed by atoms with E-state index in [0.717, 1.165) is 32.6 Å². The van der Waals surface area contributed by atoms with Gasteiger partial charge in [0.1, 0.15) is 0 Å². The molecule has 0 bridgehead atoms. The van der Waals surface area contributed by atoms with Crippen LogP contribution in [-0.4, -0.2) is 5.78 Å². The Morgan fingerprint density at radius 2 is 1.94 bits per heavy atom. The molecule has 1 fully saturated rings. The van der Waals surface area contributed by atoms with Crippen molar-refractivity contribution in [2.75, 3.05) is 0 Å². The van der Waals surface area contributed by atoms with Crippen LogP contribution < -0.4 is 0 Å². The Morgan fingerprint density at radius 1 is 1.18 bits per heavy atom. The van der Waals surface area contributed by atoms with Crippen LogP contribution in [0.3, 0.4) is 0 Å². The van der Waals surface area contributed by atoms with E-state index in [1.807, 2.05) is 30.3 Å². The van der Waals surface area contributed by atoms with Crippen molar-refractivity contribution in [3.8, 4) is 10.4 Å². The first-order chi connectivity index (χ1) is 8.25. The van der Waals surface area contributed by atoms with Crippen LogP contribution in [0.1, 0.15) is 22.5 Å². The van der Waals surface area contributed by atoms with Gasteiger partial charge >= 0.3 is 0 Å². The van der Waals surface area contributed by atoms with Gasteiger partial charge in [-0.05, 0) is 31.0 Å². The second kappa shape index (κ2) is 4.39. The van der Waals surface area contributed by atoms with Crippen molar-refractivity contribution in [2.45, 2.75) is 12.8 Å². The zero-order valence-electron chi connectivity index (χ0n) is 9.15. The number of carbonyl (C=O) groups excluding carboxylic acids is 1. The normalized spacial score (nSPS) is 14.9. The van der Waals surface area contributed by atoms with Crippen LogP contribution in [0.15, 0.2) is 40.9 Å². The van der Waals surface area contributed by atoms with Crippen molar-refractivity contribution in [1.29, 1.82) is 0 Å². The molecule has 1 aromatic heterocycles. The highest BCUT2D eigenvalue weighted by Gasteiger charge is 2.31. The minimum absolute atomic E-state index is 0.306. The molecule has 3 rings (SSSR count). The summed E-state index contributed by atoms with van der Waals surface area (Å²) in [4.78, 5) is 14.0. The molecule has 0 atom stereocenters. The number of carbonyl (C=O) groups is 1. The summed E-state index contributed by atoms with van der Waals surface area (Å²) >= 11 is 5.14. The summed E-state index contributed by atoms with van der Waals surface area (Å²) in [5.74, 6) is 0.633. The van der Waals surface area contributed by atoms with Gasteiger partial charge in [0.25, 0.3) is 0 Å². The number of rotatable bonds is 3. The van der Waals surface area contributed by atoms with Crippen LogP contribution in [0.25, 0.3) is 10.4 Å². The summed E-state index contributed by atoms with van der Waals surface area (Å²) in [5, 5.41) is 0. The molecular formula is C14H11BrOS. The molecular weight excluding hydrogens is 296 g/mol. The lowest BCUT2D eigenvalue weighted by atomic mass is 10.2. The fraction of sp³-hybridized carbons (Fsp3) is 0.214. The Bertz CT molecular complexity index is 569. The van der Waals surface area contributed by atoms with Crippen LogP contribution in [0.2, 0.25) is 0 Å².